The van der Waals surface area contributed by atoms with Crippen LogP contribution in [0.15, 0.2) is 18.2 Å². The largest absolute Gasteiger partial charge is 0.504 e. The van der Waals surface area contributed by atoms with E-state index >= 15 is 0 Å². The van der Waals surface area contributed by atoms with Gasteiger partial charge in [0, 0.05) is 0 Å². The lowest BCUT2D eigenvalue weighted by Gasteiger charge is -2.05. The second-order valence-corrected chi connectivity index (χ2v) is 3.99. The fraction of sp³-hybridized carbons (Fsp3) is 0.333. The summed E-state index contributed by atoms with van der Waals surface area (Å²) in [4.78, 5) is -0.443. The molecule has 0 saturated heterocycles. The van der Waals surface area contributed by atoms with E-state index in [0.29, 0.717) is 18.4 Å². The molecule has 1 aromatic rings. The molecule has 13 heavy (non-hydrogen) atoms. The summed E-state index contributed by atoms with van der Waals surface area (Å²) in [5.74, 6) is -0.199. The number of phenolic OH excluding ortho intramolecular Hbond substituents is 2. The molecule has 0 fully saturated rings. The summed E-state index contributed by atoms with van der Waals surface area (Å²) < 4.78 is 0. The Balaban J connectivity index is 2.71. The van der Waals surface area contributed by atoms with Crippen molar-refractivity contribution in [2.24, 2.45) is 0 Å². The van der Waals surface area contributed by atoms with E-state index in [9.17, 15) is 5.11 Å². The highest BCUT2D eigenvalue weighted by molar-refractivity contribution is 6.44. The molecule has 2 N–H and O–H groups in total. The molecule has 0 spiro atoms. The number of alkyl halides is 2. The fourth-order valence-corrected chi connectivity index (χ4v) is 1.26. The van der Waals surface area contributed by atoms with E-state index in [1.165, 1.54) is 6.07 Å². The molecule has 0 atom stereocenters. The minimum absolute atomic E-state index is 0.0866. The molecule has 0 bridgehead atoms. The average Bonchev–Trinajstić information content (AvgIpc) is 2.07. The van der Waals surface area contributed by atoms with Crippen LogP contribution < -0.4 is 0 Å². The molecule has 0 aliphatic rings. The van der Waals surface area contributed by atoms with Gasteiger partial charge in [-0.2, -0.15) is 0 Å². The van der Waals surface area contributed by atoms with Crippen molar-refractivity contribution in [1.82, 2.24) is 0 Å². The Morgan fingerprint density at radius 1 is 1.23 bits per heavy atom. The van der Waals surface area contributed by atoms with Crippen molar-refractivity contribution < 1.29 is 10.2 Å². The van der Waals surface area contributed by atoms with E-state index in [1.54, 1.807) is 12.1 Å². The molecule has 0 radical (unpaired) electrons. The van der Waals surface area contributed by atoms with Gasteiger partial charge in [0.2, 0.25) is 0 Å². The molecule has 1 aromatic carbocycles. The van der Waals surface area contributed by atoms with Gasteiger partial charge in [-0.1, -0.05) is 12.1 Å². The maximum atomic E-state index is 9.37. The summed E-state index contributed by atoms with van der Waals surface area (Å²) in [5, 5.41) is 18.5. The molecule has 0 aliphatic carbocycles. The predicted molar refractivity (Wildman–Crippen MR) is 53.6 cm³/mol. The third-order valence-corrected chi connectivity index (χ3v) is 2.17. The van der Waals surface area contributed by atoms with E-state index in [-0.39, 0.29) is 11.5 Å². The second kappa shape index (κ2) is 4.58. The molecule has 0 aromatic heterocycles. The van der Waals surface area contributed by atoms with Crippen molar-refractivity contribution in [1.29, 1.82) is 0 Å². The maximum absolute atomic E-state index is 9.37. The van der Waals surface area contributed by atoms with Gasteiger partial charge in [-0.25, -0.2) is 0 Å². The number of para-hydroxylation sites is 1. The van der Waals surface area contributed by atoms with Crippen LogP contribution in [0.2, 0.25) is 0 Å². The average molecular weight is 221 g/mol. The van der Waals surface area contributed by atoms with E-state index < -0.39 is 4.84 Å². The molecule has 0 aliphatic heterocycles. The monoisotopic (exact) mass is 220 g/mol. The number of halogens is 2. The predicted octanol–water partition coefficient (Wildman–Crippen LogP) is 2.83. The maximum Gasteiger partial charge on any atom is 0.160 e. The van der Waals surface area contributed by atoms with Crippen LogP contribution in [0.25, 0.3) is 0 Å². The lowest BCUT2D eigenvalue weighted by atomic mass is 10.1. The third kappa shape index (κ3) is 2.98. The highest BCUT2D eigenvalue weighted by Gasteiger charge is 2.07. The van der Waals surface area contributed by atoms with Crippen LogP contribution in [0.3, 0.4) is 0 Å². The van der Waals surface area contributed by atoms with Crippen molar-refractivity contribution in [3.63, 3.8) is 0 Å². The first-order valence-electron chi connectivity index (χ1n) is 3.89. The number of aromatic hydroxyl groups is 2. The summed E-state index contributed by atoms with van der Waals surface area (Å²) in [6.45, 7) is 0. The molecule has 2 nitrogen and oxygen atoms in total. The van der Waals surface area contributed by atoms with Crippen LogP contribution in [0, 0.1) is 0 Å². The highest BCUT2D eigenvalue weighted by Crippen LogP contribution is 2.29. The zero-order valence-electron chi connectivity index (χ0n) is 6.87. The number of phenols is 2. The van der Waals surface area contributed by atoms with Crippen LogP contribution in [-0.4, -0.2) is 15.0 Å². The van der Waals surface area contributed by atoms with Gasteiger partial charge >= 0.3 is 0 Å². The molecular weight excluding hydrogens is 211 g/mol. The topological polar surface area (TPSA) is 40.5 Å². The molecule has 0 amide bonds. The molecule has 0 saturated carbocycles. The summed E-state index contributed by atoms with van der Waals surface area (Å²) in [5.41, 5.74) is 0.659. The Kier molecular flexibility index (Phi) is 3.70. The lowest BCUT2D eigenvalue weighted by molar-refractivity contribution is 0.399. The zero-order chi connectivity index (χ0) is 9.84. The normalized spacial score (nSPS) is 10.7. The van der Waals surface area contributed by atoms with Gasteiger partial charge in [0.15, 0.2) is 11.5 Å². The first kappa shape index (κ1) is 10.5. The van der Waals surface area contributed by atoms with Gasteiger partial charge in [0.1, 0.15) is 4.84 Å². The molecule has 0 heterocycles. The fourth-order valence-electron chi connectivity index (χ4n) is 1.04. The van der Waals surface area contributed by atoms with Crippen LogP contribution in [0.4, 0.5) is 0 Å². The van der Waals surface area contributed by atoms with Gasteiger partial charge in [-0.3, -0.25) is 0 Å². The summed E-state index contributed by atoms with van der Waals surface area (Å²) in [6.07, 6.45) is 1.11. The quantitative estimate of drug-likeness (QED) is 0.608. The smallest absolute Gasteiger partial charge is 0.160 e. The van der Waals surface area contributed by atoms with Crippen molar-refractivity contribution >= 4 is 23.2 Å². The Hall–Kier alpha value is -0.600. The Labute approximate surface area is 86.7 Å². The van der Waals surface area contributed by atoms with E-state index in [0.717, 1.165) is 0 Å². The lowest BCUT2D eigenvalue weighted by Crippen LogP contribution is -1.92. The van der Waals surface area contributed by atoms with Gasteiger partial charge in [0.25, 0.3) is 0 Å². The van der Waals surface area contributed by atoms with E-state index in [4.69, 9.17) is 28.3 Å². The molecule has 0 unspecified atom stereocenters. The summed E-state index contributed by atoms with van der Waals surface area (Å²) in [6, 6.07) is 4.82. The zero-order valence-corrected chi connectivity index (χ0v) is 8.39. The SMILES string of the molecule is Oc1cccc(CCC(Cl)Cl)c1O. The van der Waals surface area contributed by atoms with Crippen molar-refractivity contribution in [2.75, 3.05) is 0 Å². The minimum Gasteiger partial charge on any atom is -0.504 e. The number of hydrogen-bond acceptors (Lipinski definition) is 2. The van der Waals surface area contributed by atoms with Crippen LogP contribution in [0.5, 0.6) is 11.5 Å². The standard InChI is InChI=1S/C9H10Cl2O2/c10-8(11)5-4-6-2-1-3-7(12)9(6)13/h1-3,8,12-13H,4-5H2. The highest BCUT2D eigenvalue weighted by atomic mass is 35.5. The van der Waals surface area contributed by atoms with Crippen LogP contribution in [0.1, 0.15) is 12.0 Å². The minimum atomic E-state index is -0.443. The second-order valence-electron chi connectivity index (χ2n) is 2.71. The van der Waals surface area contributed by atoms with E-state index in [2.05, 4.69) is 0 Å². The summed E-state index contributed by atoms with van der Waals surface area (Å²) in [7, 11) is 0. The molecule has 1 rings (SSSR count). The van der Waals surface area contributed by atoms with Crippen molar-refractivity contribution in [2.45, 2.75) is 17.7 Å². The first-order valence-corrected chi connectivity index (χ1v) is 4.76. The molecular formula is C9H10Cl2O2. The first-order chi connectivity index (χ1) is 6.11. The number of rotatable bonds is 3. The Bertz CT molecular complexity index is 287. The number of benzene rings is 1. The van der Waals surface area contributed by atoms with E-state index in [1.807, 2.05) is 0 Å². The third-order valence-electron chi connectivity index (χ3n) is 1.73. The van der Waals surface area contributed by atoms with Crippen molar-refractivity contribution in [3.8, 4) is 11.5 Å². The van der Waals surface area contributed by atoms with Crippen LogP contribution >= 0.6 is 23.2 Å². The number of aryl methyl sites for hydroxylation is 1. The van der Waals surface area contributed by atoms with Crippen molar-refractivity contribution in [3.05, 3.63) is 23.8 Å². The Morgan fingerprint density at radius 3 is 2.54 bits per heavy atom. The number of hydrogen-bond donors (Lipinski definition) is 2. The van der Waals surface area contributed by atoms with Gasteiger partial charge in [-0.05, 0) is 24.5 Å². The summed E-state index contributed by atoms with van der Waals surface area (Å²) >= 11 is 11.1. The van der Waals surface area contributed by atoms with Gasteiger partial charge in [-0.15, -0.1) is 23.2 Å². The molecule has 4 heteroatoms. The Morgan fingerprint density at radius 2 is 1.92 bits per heavy atom. The van der Waals surface area contributed by atoms with Gasteiger partial charge in [0.05, 0.1) is 0 Å². The van der Waals surface area contributed by atoms with Gasteiger partial charge < -0.3 is 10.2 Å². The molecule has 72 valence electrons. The van der Waals surface area contributed by atoms with Crippen LogP contribution in [-0.2, 0) is 6.42 Å².